The number of hydrogen-bond donors (Lipinski definition) is 1. The topological polar surface area (TPSA) is 47.9 Å². The third kappa shape index (κ3) is 2.88. The number of halogens is 3. The zero-order chi connectivity index (χ0) is 18.3. The number of carbonyl (C=O) groups is 1. The molecule has 2 heterocycles. The molecule has 2 aliphatic rings. The normalized spacial score (nSPS) is 16.9. The molecule has 0 bridgehead atoms. The first-order valence-corrected chi connectivity index (χ1v) is 8.57. The average Bonchev–Trinajstić information content (AvgIpc) is 3.24. The van der Waals surface area contributed by atoms with Crippen molar-refractivity contribution in [1.29, 1.82) is 0 Å². The van der Waals surface area contributed by atoms with Crippen molar-refractivity contribution < 1.29 is 13.6 Å². The SMILES string of the molecule is O=C1NCCN1c1ccc(C2=NN(c3c(F)cccc3F)CC2)c(Cl)c1. The number of carbonyl (C=O) groups excluding carboxylic acids is 1. The van der Waals surface area contributed by atoms with E-state index < -0.39 is 11.6 Å². The van der Waals surface area contributed by atoms with Crippen LogP contribution in [0, 0.1) is 11.6 Å². The minimum Gasteiger partial charge on any atom is -0.336 e. The molecular weight excluding hydrogens is 362 g/mol. The van der Waals surface area contributed by atoms with Crippen LogP contribution in [0.5, 0.6) is 0 Å². The van der Waals surface area contributed by atoms with Crippen molar-refractivity contribution >= 4 is 34.7 Å². The molecule has 26 heavy (non-hydrogen) atoms. The number of rotatable bonds is 3. The molecule has 2 aromatic rings. The maximum Gasteiger partial charge on any atom is 0.321 e. The van der Waals surface area contributed by atoms with Gasteiger partial charge in [-0.25, -0.2) is 13.6 Å². The van der Waals surface area contributed by atoms with Gasteiger partial charge in [-0.2, -0.15) is 5.10 Å². The zero-order valence-corrected chi connectivity index (χ0v) is 14.4. The van der Waals surface area contributed by atoms with E-state index in [0.29, 0.717) is 48.0 Å². The Morgan fingerprint density at radius 1 is 1.12 bits per heavy atom. The van der Waals surface area contributed by atoms with E-state index >= 15 is 0 Å². The predicted octanol–water partition coefficient (Wildman–Crippen LogP) is 3.76. The Balaban J connectivity index is 1.63. The molecule has 5 nitrogen and oxygen atoms in total. The van der Waals surface area contributed by atoms with E-state index in [1.165, 1.54) is 23.2 Å². The second kappa shape index (κ2) is 6.57. The van der Waals surface area contributed by atoms with Crippen molar-refractivity contribution in [2.24, 2.45) is 5.10 Å². The number of nitrogens with one attached hydrogen (secondary N) is 1. The van der Waals surface area contributed by atoms with Gasteiger partial charge in [-0.15, -0.1) is 0 Å². The molecule has 8 heteroatoms. The lowest BCUT2D eigenvalue weighted by Crippen LogP contribution is -2.27. The van der Waals surface area contributed by atoms with Crippen molar-refractivity contribution in [3.8, 4) is 0 Å². The minimum atomic E-state index is -0.656. The number of benzene rings is 2. The lowest BCUT2D eigenvalue weighted by molar-refractivity contribution is 0.252. The van der Waals surface area contributed by atoms with Gasteiger partial charge in [0, 0.05) is 37.3 Å². The highest BCUT2D eigenvalue weighted by Crippen LogP contribution is 2.31. The van der Waals surface area contributed by atoms with E-state index in [2.05, 4.69) is 10.4 Å². The van der Waals surface area contributed by atoms with Crippen molar-refractivity contribution in [1.82, 2.24) is 5.32 Å². The molecule has 2 aliphatic heterocycles. The third-order valence-corrected chi connectivity index (χ3v) is 4.74. The first kappa shape index (κ1) is 16.8. The third-order valence-electron chi connectivity index (χ3n) is 4.43. The molecule has 134 valence electrons. The van der Waals surface area contributed by atoms with E-state index in [1.807, 2.05) is 0 Å². The molecule has 0 aromatic heterocycles. The smallest absolute Gasteiger partial charge is 0.321 e. The number of hydrazone groups is 1. The Bertz CT molecular complexity index is 898. The standard InChI is InChI=1S/C18H15ClF2N4O/c19-13-10-11(24-9-7-22-18(24)26)4-5-12(13)16-6-8-25(23-16)17-14(20)2-1-3-15(17)21/h1-5,10H,6-9H2,(H,22,26). The quantitative estimate of drug-likeness (QED) is 0.886. The Morgan fingerprint density at radius 2 is 1.88 bits per heavy atom. The molecule has 0 radical (unpaired) electrons. The average molecular weight is 377 g/mol. The number of hydrogen-bond acceptors (Lipinski definition) is 3. The largest absolute Gasteiger partial charge is 0.336 e. The molecule has 0 spiro atoms. The van der Waals surface area contributed by atoms with Gasteiger partial charge in [-0.3, -0.25) is 9.91 Å². The lowest BCUT2D eigenvalue weighted by atomic mass is 10.1. The highest BCUT2D eigenvalue weighted by atomic mass is 35.5. The van der Waals surface area contributed by atoms with Crippen LogP contribution >= 0.6 is 11.6 Å². The van der Waals surface area contributed by atoms with E-state index in [-0.39, 0.29) is 11.7 Å². The first-order valence-electron chi connectivity index (χ1n) is 8.19. The first-order chi connectivity index (χ1) is 12.5. The molecule has 2 aromatic carbocycles. The number of urea groups is 1. The van der Waals surface area contributed by atoms with E-state index in [9.17, 15) is 13.6 Å². The van der Waals surface area contributed by atoms with Crippen molar-refractivity contribution in [3.05, 3.63) is 58.6 Å². The van der Waals surface area contributed by atoms with Crippen LogP contribution in [0.15, 0.2) is 41.5 Å². The van der Waals surface area contributed by atoms with Crippen LogP contribution in [0.2, 0.25) is 5.02 Å². The van der Waals surface area contributed by atoms with Crippen LogP contribution in [0.1, 0.15) is 12.0 Å². The Labute approximate surface area is 153 Å². The number of nitrogens with zero attached hydrogens (tertiary/aromatic N) is 3. The number of amides is 2. The molecule has 1 N–H and O–H groups in total. The summed E-state index contributed by atoms with van der Waals surface area (Å²) < 4.78 is 27.9. The summed E-state index contributed by atoms with van der Waals surface area (Å²) in [6.07, 6.45) is 0.511. The summed E-state index contributed by atoms with van der Waals surface area (Å²) >= 11 is 6.39. The van der Waals surface area contributed by atoms with Crippen LogP contribution < -0.4 is 15.2 Å². The maximum absolute atomic E-state index is 14.0. The van der Waals surface area contributed by atoms with Gasteiger partial charge in [0.1, 0.15) is 5.69 Å². The fourth-order valence-corrected chi connectivity index (χ4v) is 3.45. The van der Waals surface area contributed by atoms with Crippen molar-refractivity contribution in [3.63, 3.8) is 0 Å². The summed E-state index contributed by atoms with van der Waals surface area (Å²) in [6.45, 7) is 1.53. The minimum absolute atomic E-state index is 0.159. The van der Waals surface area contributed by atoms with E-state index in [4.69, 9.17) is 11.6 Å². The monoisotopic (exact) mass is 376 g/mol. The fraction of sp³-hybridized carbons (Fsp3) is 0.222. The van der Waals surface area contributed by atoms with Crippen molar-refractivity contribution in [2.75, 3.05) is 29.5 Å². The Kier molecular flexibility index (Phi) is 4.24. The second-order valence-corrected chi connectivity index (χ2v) is 6.45. The Morgan fingerprint density at radius 3 is 2.54 bits per heavy atom. The highest BCUT2D eigenvalue weighted by molar-refractivity contribution is 6.34. The zero-order valence-electron chi connectivity index (χ0n) is 13.7. The molecule has 2 amide bonds. The van der Waals surface area contributed by atoms with Crippen LogP contribution in [0.3, 0.4) is 0 Å². The maximum atomic E-state index is 14.0. The summed E-state index contributed by atoms with van der Waals surface area (Å²) in [4.78, 5) is 13.4. The van der Waals surface area contributed by atoms with Gasteiger partial charge >= 0.3 is 6.03 Å². The predicted molar refractivity (Wildman–Crippen MR) is 97.1 cm³/mol. The summed E-state index contributed by atoms with van der Waals surface area (Å²) in [5.74, 6) is -1.31. The molecule has 0 unspecified atom stereocenters. The van der Waals surface area contributed by atoms with Gasteiger partial charge in [0.25, 0.3) is 0 Å². The number of anilines is 2. The molecule has 0 saturated carbocycles. The lowest BCUT2D eigenvalue weighted by Gasteiger charge is -2.16. The molecular formula is C18H15ClF2N4O. The van der Waals surface area contributed by atoms with Crippen LogP contribution in [-0.4, -0.2) is 31.4 Å². The van der Waals surface area contributed by atoms with Gasteiger partial charge in [-0.05, 0) is 30.3 Å². The van der Waals surface area contributed by atoms with Gasteiger partial charge < -0.3 is 5.32 Å². The Hall–Kier alpha value is -2.67. The molecule has 0 aliphatic carbocycles. The summed E-state index contributed by atoms with van der Waals surface area (Å²) in [6, 6.07) is 8.84. The highest BCUT2D eigenvalue weighted by Gasteiger charge is 2.25. The number of para-hydroxylation sites is 1. The van der Waals surface area contributed by atoms with Gasteiger partial charge in [0.05, 0.1) is 10.7 Å². The fourth-order valence-electron chi connectivity index (χ4n) is 3.17. The van der Waals surface area contributed by atoms with Crippen molar-refractivity contribution in [2.45, 2.75) is 6.42 Å². The molecule has 1 fully saturated rings. The summed E-state index contributed by atoms with van der Waals surface area (Å²) in [7, 11) is 0. The summed E-state index contributed by atoms with van der Waals surface area (Å²) in [5, 5.41) is 8.84. The van der Waals surface area contributed by atoms with Crippen LogP contribution in [0.4, 0.5) is 25.0 Å². The van der Waals surface area contributed by atoms with Gasteiger partial charge in [0.15, 0.2) is 11.6 Å². The summed E-state index contributed by atoms with van der Waals surface area (Å²) in [5.41, 5.74) is 1.87. The molecule has 0 atom stereocenters. The molecule has 4 rings (SSSR count). The van der Waals surface area contributed by atoms with E-state index in [0.717, 1.165) is 0 Å². The van der Waals surface area contributed by atoms with E-state index in [1.54, 1.807) is 23.1 Å². The van der Waals surface area contributed by atoms with Crippen LogP contribution in [-0.2, 0) is 0 Å². The van der Waals surface area contributed by atoms with Crippen LogP contribution in [0.25, 0.3) is 0 Å². The van der Waals surface area contributed by atoms with Gasteiger partial charge in [0.2, 0.25) is 0 Å². The van der Waals surface area contributed by atoms with Gasteiger partial charge in [-0.1, -0.05) is 17.7 Å². The molecule has 1 saturated heterocycles. The second-order valence-electron chi connectivity index (χ2n) is 6.04.